The summed E-state index contributed by atoms with van der Waals surface area (Å²) in [5.74, 6) is 1.79. The molecule has 0 saturated carbocycles. The molecule has 0 fully saturated rings. The molecule has 8 aromatic carbocycles. The Balaban J connectivity index is 1.18. The van der Waals surface area contributed by atoms with Crippen LogP contribution in [0.5, 0.6) is 0 Å². The van der Waals surface area contributed by atoms with Gasteiger partial charge in [-0.15, -0.1) is 11.3 Å². The van der Waals surface area contributed by atoms with E-state index >= 15 is 0 Å². The highest BCUT2D eigenvalue weighted by Gasteiger charge is 2.22. The molecule has 260 valence electrons. The van der Waals surface area contributed by atoms with Gasteiger partial charge in [-0.2, -0.15) is 0 Å². The van der Waals surface area contributed by atoms with Gasteiger partial charge in [0, 0.05) is 69.4 Å². The minimum atomic E-state index is 0.565. The predicted octanol–water partition coefficient (Wildman–Crippen LogP) is 13.7. The van der Waals surface area contributed by atoms with Crippen LogP contribution in [-0.2, 0) is 0 Å². The topological polar surface area (TPSA) is 64.7 Å². The Morgan fingerprint density at radius 3 is 1.95 bits per heavy atom. The third-order valence-corrected chi connectivity index (χ3v) is 12.1. The van der Waals surface area contributed by atoms with Crippen molar-refractivity contribution in [2.75, 3.05) is 0 Å². The van der Waals surface area contributed by atoms with Crippen LogP contribution < -0.4 is 0 Å². The summed E-state index contributed by atoms with van der Waals surface area (Å²) in [5, 5.41) is 10.0. The summed E-state index contributed by atoms with van der Waals surface area (Å²) in [7, 11) is 0. The van der Waals surface area contributed by atoms with Gasteiger partial charge >= 0.3 is 0 Å². The molecule has 0 atom stereocenters. The van der Waals surface area contributed by atoms with Gasteiger partial charge in [-0.25, -0.2) is 19.9 Å². The molecule has 0 saturated heterocycles. The van der Waals surface area contributed by atoms with Crippen LogP contribution in [-0.4, -0.2) is 19.9 Å². The lowest BCUT2D eigenvalue weighted by Crippen LogP contribution is -2.02. The van der Waals surface area contributed by atoms with E-state index < -0.39 is 0 Å². The smallest absolute Gasteiger partial charge is 0.166 e. The van der Waals surface area contributed by atoms with E-state index in [-0.39, 0.29) is 0 Å². The fourth-order valence-electron chi connectivity index (χ4n) is 8.36. The molecule has 12 rings (SSSR count). The van der Waals surface area contributed by atoms with Gasteiger partial charge in [0.15, 0.2) is 17.5 Å². The number of fused-ring (bicyclic) bond motifs is 11. The molecule has 56 heavy (non-hydrogen) atoms. The van der Waals surface area contributed by atoms with E-state index in [1.54, 1.807) is 11.3 Å². The monoisotopic (exact) mass is 732 g/mol. The normalized spacial score (nSPS) is 11.9. The van der Waals surface area contributed by atoms with E-state index in [1.807, 2.05) is 18.2 Å². The molecule has 12 aromatic rings. The number of rotatable bonds is 4. The van der Waals surface area contributed by atoms with Crippen LogP contribution in [0, 0.1) is 0 Å². The third kappa shape index (κ3) is 4.73. The zero-order valence-corrected chi connectivity index (χ0v) is 30.6. The quantitative estimate of drug-likeness (QED) is 0.169. The average Bonchev–Trinajstić information content (AvgIpc) is 3.84. The molecule has 6 heteroatoms. The van der Waals surface area contributed by atoms with Crippen molar-refractivity contribution in [3.63, 3.8) is 0 Å². The lowest BCUT2D eigenvalue weighted by molar-refractivity contribution is 0.669. The standard InChI is InChI=1S/C50H28N4OS/c1-2-13-30(14-3-1)46-38-26-27-41-45(36-18-6-8-22-40(36)55-41)44(38)37-20-11-21-39(47(37)51-46)50-53-48(31-24-25-34-33-17-7-9-23-42(33)56-43(34)28-31)52-49(54-50)35-19-10-15-29-12-4-5-16-32(29)35/h1-28H. The van der Waals surface area contributed by atoms with Crippen LogP contribution >= 0.6 is 11.3 Å². The Hall–Kier alpha value is -7.28. The van der Waals surface area contributed by atoms with E-state index in [2.05, 4.69) is 152 Å². The van der Waals surface area contributed by atoms with Crippen molar-refractivity contribution in [3.8, 4) is 45.4 Å². The molecule has 0 radical (unpaired) electrons. The van der Waals surface area contributed by atoms with Crippen molar-refractivity contribution in [2.24, 2.45) is 0 Å². The van der Waals surface area contributed by atoms with E-state index in [0.29, 0.717) is 17.5 Å². The first-order valence-corrected chi connectivity index (χ1v) is 19.5. The predicted molar refractivity (Wildman–Crippen MR) is 232 cm³/mol. The second-order valence-electron chi connectivity index (χ2n) is 14.1. The van der Waals surface area contributed by atoms with Crippen LogP contribution in [0.1, 0.15) is 0 Å². The van der Waals surface area contributed by atoms with Crippen molar-refractivity contribution in [1.29, 1.82) is 0 Å². The summed E-state index contributed by atoms with van der Waals surface area (Å²) >= 11 is 1.79. The Kier molecular flexibility index (Phi) is 6.73. The maximum Gasteiger partial charge on any atom is 0.166 e. The molecular formula is C50H28N4OS. The number of pyridine rings is 1. The lowest BCUT2D eigenvalue weighted by Gasteiger charge is -2.15. The van der Waals surface area contributed by atoms with E-state index in [9.17, 15) is 0 Å². The van der Waals surface area contributed by atoms with Crippen molar-refractivity contribution in [2.45, 2.75) is 0 Å². The first-order valence-electron chi connectivity index (χ1n) is 18.6. The van der Waals surface area contributed by atoms with Gasteiger partial charge in [0.2, 0.25) is 0 Å². The van der Waals surface area contributed by atoms with Gasteiger partial charge in [0.25, 0.3) is 0 Å². The molecule has 0 unspecified atom stereocenters. The number of benzene rings is 8. The number of hydrogen-bond donors (Lipinski definition) is 0. The molecule has 4 heterocycles. The number of furan rings is 1. The molecule has 0 spiro atoms. The number of hydrogen-bond acceptors (Lipinski definition) is 6. The van der Waals surface area contributed by atoms with Crippen molar-refractivity contribution >= 4 is 85.9 Å². The molecule has 0 bridgehead atoms. The fourth-order valence-corrected chi connectivity index (χ4v) is 9.50. The third-order valence-electron chi connectivity index (χ3n) is 10.9. The molecule has 0 aliphatic rings. The van der Waals surface area contributed by atoms with Gasteiger partial charge < -0.3 is 4.42 Å². The Labute approximate surface area is 324 Å². The molecule has 5 nitrogen and oxygen atoms in total. The molecule has 0 N–H and O–H groups in total. The zero-order valence-electron chi connectivity index (χ0n) is 29.8. The Morgan fingerprint density at radius 2 is 1.04 bits per heavy atom. The SMILES string of the molecule is c1ccc(-c2nc3c(-c4nc(-c5ccc6c(c5)sc5ccccc56)nc(-c5cccc6ccccc56)n4)cccc3c3c2ccc2oc4ccccc4c23)cc1. The highest BCUT2D eigenvalue weighted by Crippen LogP contribution is 2.43. The molecular weight excluding hydrogens is 705 g/mol. The molecule has 0 amide bonds. The minimum absolute atomic E-state index is 0.565. The minimum Gasteiger partial charge on any atom is -0.456 e. The number of nitrogens with zero attached hydrogens (tertiary/aromatic N) is 4. The zero-order chi connectivity index (χ0) is 36.7. The molecule has 0 aliphatic carbocycles. The van der Waals surface area contributed by atoms with Gasteiger partial charge in [-0.05, 0) is 47.2 Å². The van der Waals surface area contributed by atoms with Crippen molar-refractivity contribution < 1.29 is 4.42 Å². The van der Waals surface area contributed by atoms with Crippen LogP contribution in [0.2, 0.25) is 0 Å². The van der Waals surface area contributed by atoms with Gasteiger partial charge in [-0.1, -0.05) is 133 Å². The van der Waals surface area contributed by atoms with Gasteiger partial charge in [-0.3, -0.25) is 0 Å². The highest BCUT2D eigenvalue weighted by molar-refractivity contribution is 7.25. The van der Waals surface area contributed by atoms with Crippen LogP contribution in [0.4, 0.5) is 0 Å². The van der Waals surface area contributed by atoms with Crippen LogP contribution in [0.3, 0.4) is 0 Å². The fraction of sp³-hybridized carbons (Fsp3) is 0. The van der Waals surface area contributed by atoms with Gasteiger partial charge in [0.05, 0.1) is 11.2 Å². The number of thiophene rings is 1. The van der Waals surface area contributed by atoms with Crippen molar-refractivity contribution in [1.82, 2.24) is 19.9 Å². The maximum atomic E-state index is 6.43. The maximum absolute atomic E-state index is 6.43. The van der Waals surface area contributed by atoms with E-state index in [4.69, 9.17) is 24.4 Å². The first kappa shape index (κ1) is 31.1. The average molecular weight is 733 g/mol. The Morgan fingerprint density at radius 1 is 0.375 bits per heavy atom. The first-order chi connectivity index (χ1) is 27.7. The molecule has 4 aromatic heterocycles. The van der Waals surface area contributed by atoms with Gasteiger partial charge in [0.1, 0.15) is 11.2 Å². The second-order valence-corrected chi connectivity index (χ2v) is 15.2. The Bertz CT molecular complexity index is 3550. The van der Waals surface area contributed by atoms with E-state index in [0.717, 1.165) is 82.3 Å². The summed E-state index contributed by atoms with van der Waals surface area (Å²) in [6, 6.07) is 59.0. The van der Waals surface area contributed by atoms with Crippen LogP contribution in [0.15, 0.2) is 174 Å². The van der Waals surface area contributed by atoms with Crippen molar-refractivity contribution in [3.05, 3.63) is 170 Å². The summed E-state index contributed by atoms with van der Waals surface area (Å²) in [4.78, 5) is 21.3. The molecule has 0 aliphatic heterocycles. The summed E-state index contributed by atoms with van der Waals surface area (Å²) in [6.45, 7) is 0. The largest absolute Gasteiger partial charge is 0.456 e. The lowest BCUT2D eigenvalue weighted by atomic mass is 9.95. The summed E-state index contributed by atoms with van der Waals surface area (Å²) < 4.78 is 8.89. The van der Waals surface area contributed by atoms with E-state index in [1.165, 1.54) is 20.2 Å². The summed E-state index contributed by atoms with van der Waals surface area (Å²) in [6.07, 6.45) is 0. The number of para-hydroxylation sites is 2. The van der Waals surface area contributed by atoms with Crippen LogP contribution in [0.25, 0.3) is 120 Å². The highest BCUT2D eigenvalue weighted by atomic mass is 32.1. The number of aromatic nitrogens is 4. The summed E-state index contributed by atoms with van der Waals surface area (Å²) in [5.41, 5.74) is 7.16. The second kappa shape index (κ2) is 12.1.